The fourth-order valence-electron chi connectivity index (χ4n) is 3.19. The molecule has 0 unspecified atom stereocenters. The van der Waals surface area contributed by atoms with Crippen LogP contribution in [0.25, 0.3) is 22.1 Å². The lowest BCUT2D eigenvalue weighted by molar-refractivity contribution is 0.290. The molecule has 4 nitrogen and oxygen atoms in total. The molecule has 26 heavy (non-hydrogen) atoms. The number of aryl methyl sites for hydroxylation is 1. The summed E-state index contributed by atoms with van der Waals surface area (Å²) in [6.07, 6.45) is 0. The van der Waals surface area contributed by atoms with Crippen LogP contribution in [0.4, 0.5) is 0 Å². The van der Waals surface area contributed by atoms with Crippen molar-refractivity contribution in [2.45, 2.75) is 27.3 Å². The highest BCUT2D eigenvalue weighted by Gasteiger charge is 2.19. The van der Waals surface area contributed by atoms with E-state index in [1.165, 1.54) is 0 Å². The van der Waals surface area contributed by atoms with Gasteiger partial charge in [-0.3, -0.25) is 9.69 Å². The van der Waals surface area contributed by atoms with Gasteiger partial charge in [0, 0.05) is 11.6 Å². The molecule has 0 aliphatic heterocycles. The molecule has 0 aliphatic rings. The van der Waals surface area contributed by atoms with E-state index >= 15 is 0 Å². The number of phenols is 1. The first-order valence-corrected chi connectivity index (χ1v) is 9.10. The summed E-state index contributed by atoms with van der Waals surface area (Å²) in [7, 11) is 0. The summed E-state index contributed by atoms with van der Waals surface area (Å²) in [5.74, 6) is 0.669. The number of aromatic hydroxyl groups is 1. The summed E-state index contributed by atoms with van der Waals surface area (Å²) in [6.45, 7) is 8.11. The van der Waals surface area contributed by atoms with Gasteiger partial charge in [-0.2, -0.15) is 0 Å². The van der Waals surface area contributed by atoms with Gasteiger partial charge >= 0.3 is 0 Å². The number of halogens is 1. The van der Waals surface area contributed by atoms with Gasteiger partial charge in [-0.15, -0.1) is 0 Å². The van der Waals surface area contributed by atoms with Crippen LogP contribution in [0.15, 0.2) is 45.6 Å². The second-order valence-corrected chi connectivity index (χ2v) is 6.71. The van der Waals surface area contributed by atoms with Crippen molar-refractivity contribution in [1.82, 2.24) is 4.90 Å². The Labute approximate surface area is 157 Å². The zero-order valence-electron chi connectivity index (χ0n) is 15.2. The van der Waals surface area contributed by atoms with Crippen LogP contribution < -0.4 is 5.43 Å². The first-order valence-electron chi connectivity index (χ1n) is 8.72. The molecule has 0 fully saturated rings. The number of phenolic OH excluding ortho intramolecular Hbond substituents is 1. The number of fused-ring (bicyclic) bond motifs is 1. The zero-order chi connectivity index (χ0) is 18.8. The minimum Gasteiger partial charge on any atom is -0.507 e. The summed E-state index contributed by atoms with van der Waals surface area (Å²) in [5.41, 5.74) is 2.28. The molecule has 0 aliphatic carbocycles. The number of hydrogen-bond acceptors (Lipinski definition) is 4. The molecule has 0 atom stereocenters. The molecule has 3 aromatic rings. The Kier molecular flexibility index (Phi) is 5.35. The molecule has 0 bridgehead atoms. The van der Waals surface area contributed by atoms with Crippen molar-refractivity contribution in [2.75, 3.05) is 13.1 Å². The molecule has 1 N–H and O–H groups in total. The highest BCUT2D eigenvalue weighted by Crippen LogP contribution is 2.31. The van der Waals surface area contributed by atoms with E-state index in [0.717, 1.165) is 18.7 Å². The molecule has 0 amide bonds. The van der Waals surface area contributed by atoms with Crippen molar-refractivity contribution >= 4 is 22.6 Å². The molecule has 0 saturated heterocycles. The summed E-state index contributed by atoms with van der Waals surface area (Å²) in [4.78, 5) is 15.3. The van der Waals surface area contributed by atoms with Gasteiger partial charge in [0.1, 0.15) is 17.1 Å². The highest BCUT2D eigenvalue weighted by molar-refractivity contribution is 6.30. The van der Waals surface area contributed by atoms with Crippen LogP contribution in [0.1, 0.15) is 25.2 Å². The smallest absolute Gasteiger partial charge is 0.200 e. The van der Waals surface area contributed by atoms with Crippen molar-refractivity contribution in [2.24, 2.45) is 0 Å². The molecule has 1 aromatic heterocycles. The molecule has 0 radical (unpaired) electrons. The quantitative estimate of drug-likeness (QED) is 0.688. The van der Waals surface area contributed by atoms with Crippen molar-refractivity contribution < 1.29 is 9.52 Å². The lowest BCUT2D eigenvalue weighted by Crippen LogP contribution is -2.22. The van der Waals surface area contributed by atoms with Crippen LogP contribution in [0.5, 0.6) is 5.75 Å². The Morgan fingerprint density at radius 1 is 1.08 bits per heavy atom. The van der Waals surface area contributed by atoms with E-state index in [0.29, 0.717) is 39.4 Å². The molecular weight excluding hydrogens is 350 g/mol. The van der Waals surface area contributed by atoms with Crippen LogP contribution in [0.2, 0.25) is 5.02 Å². The molecule has 136 valence electrons. The molecule has 5 heteroatoms. The Bertz CT molecular complexity index is 989. The van der Waals surface area contributed by atoms with Gasteiger partial charge in [-0.25, -0.2) is 0 Å². The predicted molar refractivity (Wildman–Crippen MR) is 106 cm³/mol. The molecular formula is C21H22ClNO3. The maximum atomic E-state index is 13.1. The molecule has 0 spiro atoms. The van der Waals surface area contributed by atoms with Gasteiger partial charge < -0.3 is 9.52 Å². The standard InChI is InChI=1S/C21H22ClNO3/c1-4-23(5-2)12-17-18(24)11-10-16-20(25)19(13(3)26-21(16)17)14-6-8-15(22)9-7-14/h6-11,24H,4-5,12H2,1-3H3. The Hall–Kier alpha value is -2.30. The average Bonchev–Trinajstić information content (AvgIpc) is 2.62. The predicted octanol–water partition coefficient (Wildman–Crippen LogP) is 4.97. The van der Waals surface area contributed by atoms with Crippen LogP contribution in [-0.4, -0.2) is 23.1 Å². The van der Waals surface area contributed by atoms with Gasteiger partial charge in [-0.1, -0.05) is 37.6 Å². The monoisotopic (exact) mass is 371 g/mol. The van der Waals surface area contributed by atoms with E-state index in [9.17, 15) is 9.90 Å². The third-order valence-electron chi connectivity index (χ3n) is 4.72. The number of nitrogens with zero attached hydrogens (tertiary/aromatic N) is 1. The first-order chi connectivity index (χ1) is 12.5. The Morgan fingerprint density at radius 2 is 1.73 bits per heavy atom. The van der Waals surface area contributed by atoms with Crippen LogP contribution in [0.3, 0.4) is 0 Å². The average molecular weight is 372 g/mol. The Balaban J connectivity index is 2.23. The summed E-state index contributed by atoms with van der Waals surface area (Å²) < 4.78 is 6.04. The number of hydrogen-bond donors (Lipinski definition) is 1. The van der Waals surface area contributed by atoms with E-state index < -0.39 is 0 Å². The molecule has 1 heterocycles. The van der Waals surface area contributed by atoms with E-state index in [1.807, 2.05) is 12.1 Å². The fourth-order valence-corrected chi connectivity index (χ4v) is 3.31. The van der Waals surface area contributed by atoms with Crippen LogP contribution in [0, 0.1) is 6.92 Å². The first kappa shape index (κ1) is 18.5. The molecule has 2 aromatic carbocycles. The maximum Gasteiger partial charge on any atom is 0.200 e. The zero-order valence-corrected chi connectivity index (χ0v) is 15.9. The minimum atomic E-state index is -0.105. The SMILES string of the molecule is CCN(CC)Cc1c(O)ccc2c(=O)c(-c3ccc(Cl)cc3)c(C)oc12. The van der Waals surface area contributed by atoms with Crippen molar-refractivity contribution in [3.8, 4) is 16.9 Å². The summed E-state index contributed by atoms with van der Waals surface area (Å²) >= 11 is 5.95. The van der Waals surface area contributed by atoms with Gasteiger partial charge in [0.05, 0.1) is 16.5 Å². The summed E-state index contributed by atoms with van der Waals surface area (Å²) in [6, 6.07) is 10.3. The van der Waals surface area contributed by atoms with E-state index in [4.69, 9.17) is 16.0 Å². The third kappa shape index (κ3) is 3.35. The Morgan fingerprint density at radius 3 is 2.35 bits per heavy atom. The normalized spacial score (nSPS) is 11.4. The van der Waals surface area contributed by atoms with Crippen LogP contribution >= 0.6 is 11.6 Å². The van der Waals surface area contributed by atoms with Gasteiger partial charge in [0.2, 0.25) is 5.43 Å². The maximum absolute atomic E-state index is 13.1. The second-order valence-electron chi connectivity index (χ2n) is 6.27. The highest BCUT2D eigenvalue weighted by atomic mass is 35.5. The van der Waals surface area contributed by atoms with Crippen molar-refractivity contribution in [3.05, 3.63) is 63.0 Å². The third-order valence-corrected chi connectivity index (χ3v) is 4.98. The van der Waals surface area contributed by atoms with E-state index in [2.05, 4.69) is 18.7 Å². The van der Waals surface area contributed by atoms with Gasteiger partial charge in [0.25, 0.3) is 0 Å². The largest absolute Gasteiger partial charge is 0.507 e. The topological polar surface area (TPSA) is 53.7 Å². The number of benzene rings is 2. The summed E-state index contributed by atoms with van der Waals surface area (Å²) in [5, 5.41) is 11.4. The molecule has 0 saturated carbocycles. The van der Waals surface area contributed by atoms with E-state index in [1.54, 1.807) is 31.2 Å². The lowest BCUT2D eigenvalue weighted by Gasteiger charge is -2.19. The van der Waals surface area contributed by atoms with Crippen molar-refractivity contribution in [1.29, 1.82) is 0 Å². The fraction of sp³-hybridized carbons (Fsp3) is 0.286. The van der Waals surface area contributed by atoms with Gasteiger partial charge in [0.15, 0.2) is 0 Å². The number of rotatable bonds is 5. The second kappa shape index (κ2) is 7.52. The van der Waals surface area contributed by atoms with Crippen LogP contribution in [-0.2, 0) is 6.54 Å². The minimum absolute atomic E-state index is 0.105. The van der Waals surface area contributed by atoms with Gasteiger partial charge in [-0.05, 0) is 49.8 Å². The lowest BCUT2D eigenvalue weighted by atomic mass is 10.0. The molecule has 3 rings (SSSR count). The van der Waals surface area contributed by atoms with E-state index in [-0.39, 0.29) is 11.2 Å². The van der Waals surface area contributed by atoms with Crippen molar-refractivity contribution in [3.63, 3.8) is 0 Å².